The zero-order chi connectivity index (χ0) is 18.3. The van der Waals surface area contributed by atoms with Crippen molar-refractivity contribution in [3.05, 3.63) is 58.4 Å². The van der Waals surface area contributed by atoms with Crippen LogP contribution in [0.4, 0.5) is 13.2 Å². The second-order valence-electron chi connectivity index (χ2n) is 5.30. The Kier molecular flexibility index (Phi) is 3.91. The van der Waals surface area contributed by atoms with E-state index in [0.717, 1.165) is 24.0 Å². The molecule has 1 aromatic carbocycles. The maximum atomic E-state index is 12.7. The van der Waals surface area contributed by atoms with Crippen molar-refractivity contribution in [3.8, 4) is 0 Å². The minimum Gasteiger partial charge on any atom is -0.449 e. The van der Waals surface area contributed by atoms with Crippen molar-refractivity contribution in [3.63, 3.8) is 0 Å². The Balaban J connectivity index is 1.66. The number of halogens is 3. The Hall–Kier alpha value is -2.88. The summed E-state index contributed by atoms with van der Waals surface area (Å²) in [4.78, 5) is 26.4. The van der Waals surface area contributed by atoms with Crippen molar-refractivity contribution in [2.24, 2.45) is 0 Å². The summed E-state index contributed by atoms with van der Waals surface area (Å²) in [6.07, 6.45) is -3.50. The molecule has 0 spiro atoms. The molecule has 1 N–H and O–H groups in total. The van der Waals surface area contributed by atoms with E-state index in [4.69, 9.17) is 4.42 Å². The van der Waals surface area contributed by atoms with Gasteiger partial charge in [-0.25, -0.2) is 15.0 Å². The first-order chi connectivity index (χ1) is 12.4. The fourth-order valence-electron chi connectivity index (χ4n) is 2.42. The summed E-state index contributed by atoms with van der Waals surface area (Å²) in [5.41, 5.74) is -0.425. The van der Waals surface area contributed by atoms with E-state index in [1.165, 1.54) is 0 Å². The molecule has 132 valence electrons. The van der Waals surface area contributed by atoms with Crippen LogP contribution in [0.5, 0.6) is 0 Å². The maximum Gasteiger partial charge on any atom is 0.433 e. The average Bonchev–Trinajstić information content (AvgIpc) is 2.99. The quantitative estimate of drug-likeness (QED) is 0.432. The molecule has 0 aliphatic carbocycles. The van der Waals surface area contributed by atoms with E-state index in [0.29, 0.717) is 22.3 Å². The van der Waals surface area contributed by atoms with E-state index in [2.05, 4.69) is 19.9 Å². The number of H-pyrrole nitrogens is 1. The van der Waals surface area contributed by atoms with E-state index >= 15 is 0 Å². The van der Waals surface area contributed by atoms with E-state index < -0.39 is 17.4 Å². The molecule has 0 amide bonds. The summed E-state index contributed by atoms with van der Waals surface area (Å²) < 4.78 is 43.6. The highest BCUT2D eigenvalue weighted by atomic mass is 32.2. The zero-order valence-electron chi connectivity index (χ0n) is 12.9. The largest absolute Gasteiger partial charge is 0.449 e. The molecule has 10 heteroatoms. The van der Waals surface area contributed by atoms with Crippen LogP contribution in [0.15, 0.2) is 50.9 Å². The van der Waals surface area contributed by atoms with E-state index in [1.54, 1.807) is 24.3 Å². The Morgan fingerprint density at radius 2 is 1.96 bits per heavy atom. The second kappa shape index (κ2) is 6.13. The predicted molar refractivity (Wildman–Crippen MR) is 88.7 cm³/mol. The van der Waals surface area contributed by atoms with Gasteiger partial charge in [0.25, 0.3) is 5.56 Å². The van der Waals surface area contributed by atoms with Crippen molar-refractivity contribution in [1.82, 2.24) is 19.9 Å². The highest BCUT2D eigenvalue weighted by molar-refractivity contribution is 7.98. The number of alkyl halides is 3. The van der Waals surface area contributed by atoms with Crippen molar-refractivity contribution < 1.29 is 17.6 Å². The molecule has 0 bridgehead atoms. The van der Waals surface area contributed by atoms with Crippen LogP contribution >= 0.6 is 11.8 Å². The SMILES string of the molecule is O=c1[nH]c(CSc2nccc(C(F)(F)F)n2)nc2c1oc1ccccc12. The number of para-hydroxylation sites is 1. The monoisotopic (exact) mass is 378 g/mol. The van der Waals surface area contributed by atoms with Crippen LogP contribution in [-0.2, 0) is 11.9 Å². The third-order valence-electron chi connectivity index (χ3n) is 3.54. The summed E-state index contributed by atoms with van der Waals surface area (Å²) in [6.45, 7) is 0. The lowest BCUT2D eigenvalue weighted by Gasteiger charge is -2.06. The van der Waals surface area contributed by atoms with Crippen LogP contribution in [-0.4, -0.2) is 19.9 Å². The molecule has 0 fully saturated rings. The van der Waals surface area contributed by atoms with Gasteiger partial charge in [0.05, 0.1) is 5.75 Å². The van der Waals surface area contributed by atoms with Crippen LogP contribution in [0, 0.1) is 0 Å². The zero-order valence-corrected chi connectivity index (χ0v) is 13.7. The number of fused-ring (bicyclic) bond motifs is 3. The molecule has 4 rings (SSSR count). The fourth-order valence-corrected chi connectivity index (χ4v) is 3.12. The van der Waals surface area contributed by atoms with Gasteiger partial charge in [-0.2, -0.15) is 13.2 Å². The molecule has 0 aliphatic heterocycles. The smallest absolute Gasteiger partial charge is 0.433 e. The van der Waals surface area contributed by atoms with Gasteiger partial charge in [-0.15, -0.1) is 0 Å². The molecule has 0 radical (unpaired) electrons. The number of nitrogens with zero attached hydrogens (tertiary/aromatic N) is 3. The first-order valence-corrected chi connectivity index (χ1v) is 8.34. The number of hydrogen-bond acceptors (Lipinski definition) is 6. The summed E-state index contributed by atoms with van der Waals surface area (Å²) in [5, 5.41) is 0.634. The highest BCUT2D eigenvalue weighted by Gasteiger charge is 2.32. The molecule has 3 heterocycles. The van der Waals surface area contributed by atoms with Gasteiger partial charge >= 0.3 is 6.18 Å². The van der Waals surface area contributed by atoms with Gasteiger partial charge in [0.15, 0.2) is 5.16 Å². The Morgan fingerprint density at radius 3 is 2.77 bits per heavy atom. The van der Waals surface area contributed by atoms with Crippen molar-refractivity contribution in [2.45, 2.75) is 17.1 Å². The van der Waals surface area contributed by atoms with Gasteiger partial charge in [0.2, 0.25) is 5.58 Å². The van der Waals surface area contributed by atoms with E-state index in [-0.39, 0.29) is 16.5 Å². The molecule has 0 aliphatic rings. The number of hydrogen-bond donors (Lipinski definition) is 1. The normalized spacial score (nSPS) is 12.1. The highest BCUT2D eigenvalue weighted by Crippen LogP contribution is 2.29. The number of rotatable bonds is 3. The maximum absolute atomic E-state index is 12.7. The fraction of sp³-hybridized carbons (Fsp3) is 0.125. The third-order valence-corrected chi connectivity index (χ3v) is 4.41. The minimum atomic E-state index is -4.54. The topological polar surface area (TPSA) is 84.7 Å². The number of benzene rings is 1. The molecule has 6 nitrogen and oxygen atoms in total. The van der Waals surface area contributed by atoms with Crippen LogP contribution in [0.1, 0.15) is 11.5 Å². The van der Waals surface area contributed by atoms with Crippen molar-refractivity contribution in [1.29, 1.82) is 0 Å². The van der Waals surface area contributed by atoms with Gasteiger partial charge in [-0.1, -0.05) is 23.9 Å². The lowest BCUT2D eigenvalue weighted by molar-refractivity contribution is -0.141. The standard InChI is InChI=1S/C16H9F3N4O2S/c17-16(18,19)10-5-6-20-15(21-10)26-7-11-22-12-8-3-1-2-4-9(8)25-13(12)14(24)23-11/h1-6H,7H2,(H,22,23,24). The number of nitrogens with one attached hydrogen (secondary N) is 1. The Labute approximate surface area is 147 Å². The molecular weight excluding hydrogens is 369 g/mol. The summed E-state index contributed by atoms with van der Waals surface area (Å²) in [5.74, 6) is 0.395. The number of aromatic nitrogens is 4. The minimum absolute atomic E-state index is 0.0559. The first-order valence-electron chi connectivity index (χ1n) is 7.35. The van der Waals surface area contributed by atoms with Gasteiger partial charge in [-0.05, 0) is 18.2 Å². The molecule has 0 saturated heterocycles. The van der Waals surface area contributed by atoms with Crippen LogP contribution in [0.2, 0.25) is 0 Å². The van der Waals surface area contributed by atoms with Gasteiger partial charge in [0.1, 0.15) is 22.6 Å². The number of furan rings is 1. The van der Waals surface area contributed by atoms with E-state index in [9.17, 15) is 18.0 Å². The molecule has 3 aromatic heterocycles. The van der Waals surface area contributed by atoms with Gasteiger partial charge in [-0.3, -0.25) is 4.79 Å². The summed E-state index contributed by atoms with van der Waals surface area (Å²) in [6, 6.07) is 7.88. The van der Waals surface area contributed by atoms with Crippen LogP contribution in [0.25, 0.3) is 22.1 Å². The summed E-state index contributed by atoms with van der Waals surface area (Å²) in [7, 11) is 0. The lowest BCUT2D eigenvalue weighted by Crippen LogP contribution is -2.11. The summed E-state index contributed by atoms with van der Waals surface area (Å²) >= 11 is 0.944. The Bertz CT molecular complexity index is 1170. The van der Waals surface area contributed by atoms with E-state index in [1.807, 2.05) is 0 Å². The van der Waals surface area contributed by atoms with Crippen LogP contribution in [0.3, 0.4) is 0 Å². The average molecular weight is 378 g/mol. The molecule has 0 atom stereocenters. The number of aromatic amines is 1. The lowest BCUT2D eigenvalue weighted by atomic mass is 10.2. The molecule has 0 saturated carbocycles. The first kappa shape index (κ1) is 16.6. The molecule has 26 heavy (non-hydrogen) atoms. The molecule has 0 unspecified atom stereocenters. The second-order valence-corrected chi connectivity index (χ2v) is 6.24. The molecule has 4 aromatic rings. The van der Waals surface area contributed by atoms with Gasteiger partial charge in [0, 0.05) is 11.6 Å². The van der Waals surface area contributed by atoms with Crippen molar-refractivity contribution >= 4 is 33.8 Å². The van der Waals surface area contributed by atoms with Crippen LogP contribution < -0.4 is 5.56 Å². The molecular formula is C16H9F3N4O2S. The Morgan fingerprint density at radius 1 is 1.15 bits per heavy atom. The third kappa shape index (κ3) is 3.03. The van der Waals surface area contributed by atoms with Crippen molar-refractivity contribution in [2.75, 3.05) is 0 Å². The predicted octanol–water partition coefficient (Wildman–Crippen LogP) is 3.77. The number of thioether (sulfide) groups is 1. The van der Waals surface area contributed by atoms with Gasteiger partial charge < -0.3 is 9.40 Å².